The standard InChI is InChI=1S/C12H22N4O/c1-4-10-11(13)12(16(3)14-10)17-9-5-7-15(2)8-6-9/h9H,4-8,13H2,1-3H3. The number of nitrogen functional groups attached to an aromatic ring is 1. The van der Waals surface area contributed by atoms with Crippen molar-refractivity contribution in [3.8, 4) is 5.88 Å². The van der Waals surface area contributed by atoms with Gasteiger partial charge in [0.05, 0.1) is 5.69 Å². The second-order valence-electron chi connectivity index (χ2n) is 4.76. The summed E-state index contributed by atoms with van der Waals surface area (Å²) in [7, 11) is 4.03. The number of likely N-dealkylation sites (tertiary alicyclic amines) is 1. The van der Waals surface area contributed by atoms with Gasteiger partial charge in [0.2, 0.25) is 5.88 Å². The molecule has 2 heterocycles. The van der Waals surface area contributed by atoms with Gasteiger partial charge in [-0.2, -0.15) is 5.10 Å². The lowest BCUT2D eigenvalue weighted by Crippen LogP contribution is -2.36. The molecule has 1 fully saturated rings. The zero-order valence-corrected chi connectivity index (χ0v) is 10.9. The molecule has 17 heavy (non-hydrogen) atoms. The zero-order chi connectivity index (χ0) is 12.4. The predicted molar refractivity (Wildman–Crippen MR) is 68.1 cm³/mol. The second-order valence-corrected chi connectivity index (χ2v) is 4.76. The van der Waals surface area contributed by atoms with Crippen molar-refractivity contribution in [2.24, 2.45) is 7.05 Å². The number of anilines is 1. The number of aromatic nitrogens is 2. The van der Waals surface area contributed by atoms with Gasteiger partial charge in [-0.25, -0.2) is 4.68 Å². The molecule has 0 spiro atoms. The highest BCUT2D eigenvalue weighted by atomic mass is 16.5. The van der Waals surface area contributed by atoms with Crippen LogP contribution in [0.5, 0.6) is 5.88 Å². The lowest BCUT2D eigenvalue weighted by Gasteiger charge is -2.29. The van der Waals surface area contributed by atoms with E-state index in [9.17, 15) is 0 Å². The largest absolute Gasteiger partial charge is 0.473 e. The lowest BCUT2D eigenvalue weighted by atomic mass is 10.1. The molecule has 1 aliphatic rings. The van der Waals surface area contributed by atoms with E-state index in [4.69, 9.17) is 10.5 Å². The van der Waals surface area contributed by atoms with Crippen LogP contribution in [0, 0.1) is 0 Å². The minimum absolute atomic E-state index is 0.272. The van der Waals surface area contributed by atoms with Gasteiger partial charge >= 0.3 is 0 Å². The van der Waals surface area contributed by atoms with Gasteiger partial charge < -0.3 is 15.4 Å². The fourth-order valence-electron chi connectivity index (χ4n) is 2.24. The highest BCUT2D eigenvalue weighted by Crippen LogP contribution is 2.27. The molecule has 0 aliphatic carbocycles. The number of nitrogens with two attached hydrogens (primary N) is 1. The lowest BCUT2D eigenvalue weighted by molar-refractivity contribution is 0.106. The van der Waals surface area contributed by atoms with Gasteiger partial charge in [-0.05, 0) is 26.3 Å². The Morgan fingerprint density at radius 2 is 2.00 bits per heavy atom. The third kappa shape index (κ3) is 2.54. The number of hydrogen-bond donors (Lipinski definition) is 1. The normalized spacial score (nSPS) is 18.5. The minimum Gasteiger partial charge on any atom is -0.473 e. The third-order valence-corrected chi connectivity index (χ3v) is 3.38. The molecule has 0 aromatic carbocycles. The molecule has 1 aliphatic heterocycles. The van der Waals surface area contributed by atoms with E-state index in [2.05, 4.69) is 24.0 Å². The molecular formula is C12H22N4O. The van der Waals surface area contributed by atoms with Crippen LogP contribution < -0.4 is 10.5 Å². The molecule has 2 N–H and O–H groups in total. The summed E-state index contributed by atoms with van der Waals surface area (Å²) in [5.74, 6) is 0.733. The molecule has 0 radical (unpaired) electrons. The van der Waals surface area contributed by atoms with Crippen LogP contribution in [0.25, 0.3) is 0 Å². The molecular weight excluding hydrogens is 216 g/mol. The summed E-state index contributed by atoms with van der Waals surface area (Å²) in [6.07, 6.45) is 3.23. The van der Waals surface area contributed by atoms with Crippen molar-refractivity contribution < 1.29 is 4.74 Å². The van der Waals surface area contributed by atoms with Gasteiger partial charge in [0.25, 0.3) is 0 Å². The van der Waals surface area contributed by atoms with E-state index in [1.807, 2.05) is 7.05 Å². The third-order valence-electron chi connectivity index (χ3n) is 3.38. The molecule has 0 atom stereocenters. The Hall–Kier alpha value is -1.23. The summed E-state index contributed by atoms with van der Waals surface area (Å²) in [5.41, 5.74) is 7.67. The van der Waals surface area contributed by atoms with Crippen LogP contribution in [-0.2, 0) is 13.5 Å². The fourth-order valence-corrected chi connectivity index (χ4v) is 2.24. The monoisotopic (exact) mass is 238 g/mol. The summed E-state index contributed by atoms with van der Waals surface area (Å²) in [6.45, 7) is 4.23. The van der Waals surface area contributed by atoms with Gasteiger partial charge in [0, 0.05) is 20.1 Å². The zero-order valence-electron chi connectivity index (χ0n) is 10.9. The molecule has 96 valence electrons. The number of piperidine rings is 1. The van der Waals surface area contributed by atoms with Crippen molar-refractivity contribution in [3.05, 3.63) is 5.69 Å². The van der Waals surface area contributed by atoms with Gasteiger partial charge in [-0.3, -0.25) is 0 Å². The fraction of sp³-hybridized carbons (Fsp3) is 0.750. The molecule has 0 amide bonds. The summed E-state index contributed by atoms with van der Waals surface area (Å²) >= 11 is 0. The Morgan fingerprint density at radius 1 is 1.35 bits per heavy atom. The number of aryl methyl sites for hydroxylation is 2. The van der Waals surface area contributed by atoms with Crippen LogP contribution in [0.1, 0.15) is 25.5 Å². The summed E-state index contributed by atoms with van der Waals surface area (Å²) in [4.78, 5) is 2.32. The Labute approximate surface area is 103 Å². The second kappa shape index (κ2) is 4.96. The highest BCUT2D eigenvalue weighted by Gasteiger charge is 2.21. The molecule has 0 unspecified atom stereocenters. The maximum absolute atomic E-state index is 6.04. The minimum atomic E-state index is 0.272. The molecule has 1 aromatic heterocycles. The molecule has 0 bridgehead atoms. The van der Waals surface area contributed by atoms with E-state index in [1.165, 1.54) is 0 Å². The van der Waals surface area contributed by atoms with Crippen molar-refractivity contribution in [1.29, 1.82) is 0 Å². The van der Waals surface area contributed by atoms with Crippen LogP contribution in [0.15, 0.2) is 0 Å². The van der Waals surface area contributed by atoms with Crippen molar-refractivity contribution in [1.82, 2.24) is 14.7 Å². The van der Waals surface area contributed by atoms with Crippen molar-refractivity contribution in [2.75, 3.05) is 25.9 Å². The van der Waals surface area contributed by atoms with Gasteiger partial charge in [-0.15, -0.1) is 0 Å². The topological polar surface area (TPSA) is 56.3 Å². The predicted octanol–water partition coefficient (Wildman–Crippen LogP) is 1.04. The first-order valence-electron chi connectivity index (χ1n) is 6.28. The van der Waals surface area contributed by atoms with Crippen LogP contribution in [-0.4, -0.2) is 40.9 Å². The quantitative estimate of drug-likeness (QED) is 0.855. The average Bonchev–Trinajstić information content (AvgIpc) is 2.59. The molecule has 1 saturated heterocycles. The summed E-state index contributed by atoms with van der Waals surface area (Å²) < 4.78 is 7.75. The average molecular weight is 238 g/mol. The number of rotatable bonds is 3. The molecule has 5 nitrogen and oxygen atoms in total. The maximum atomic E-state index is 6.04. The summed E-state index contributed by atoms with van der Waals surface area (Å²) in [5, 5.41) is 4.37. The Kier molecular flexibility index (Phi) is 3.57. The van der Waals surface area contributed by atoms with E-state index in [0.717, 1.165) is 43.9 Å². The molecule has 1 aromatic rings. The maximum Gasteiger partial charge on any atom is 0.236 e. The Balaban J connectivity index is 2.05. The summed E-state index contributed by atoms with van der Waals surface area (Å²) in [6, 6.07) is 0. The number of ether oxygens (including phenoxy) is 1. The van der Waals surface area contributed by atoms with Gasteiger partial charge in [0.1, 0.15) is 11.8 Å². The first kappa shape index (κ1) is 12.2. The van der Waals surface area contributed by atoms with E-state index in [-0.39, 0.29) is 6.10 Å². The van der Waals surface area contributed by atoms with Crippen LogP contribution >= 0.6 is 0 Å². The van der Waals surface area contributed by atoms with Crippen molar-refractivity contribution >= 4 is 5.69 Å². The van der Waals surface area contributed by atoms with Crippen molar-refractivity contribution in [2.45, 2.75) is 32.3 Å². The smallest absolute Gasteiger partial charge is 0.236 e. The van der Waals surface area contributed by atoms with E-state index >= 15 is 0 Å². The molecule has 5 heteroatoms. The van der Waals surface area contributed by atoms with Gasteiger partial charge in [0.15, 0.2) is 0 Å². The van der Waals surface area contributed by atoms with E-state index in [0.29, 0.717) is 5.69 Å². The first-order valence-corrected chi connectivity index (χ1v) is 6.28. The van der Waals surface area contributed by atoms with E-state index < -0.39 is 0 Å². The number of hydrogen-bond acceptors (Lipinski definition) is 4. The number of nitrogens with zero attached hydrogens (tertiary/aromatic N) is 3. The van der Waals surface area contributed by atoms with Crippen LogP contribution in [0.3, 0.4) is 0 Å². The Morgan fingerprint density at radius 3 is 2.53 bits per heavy atom. The van der Waals surface area contributed by atoms with Crippen LogP contribution in [0.4, 0.5) is 5.69 Å². The molecule has 2 rings (SSSR count). The SMILES string of the molecule is CCc1nn(C)c(OC2CCN(C)CC2)c1N. The molecule has 0 saturated carbocycles. The van der Waals surface area contributed by atoms with Gasteiger partial charge in [-0.1, -0.05) is 6.92 Å². The first-order chi connectivity index (χ1) is 8.11. The van der Waals surface area contributed by atoms with E-state index in [1.54, 1.807) is 4.68 Å². The Bertz CT molecular complexity index is 380. The highest BCUT2D eigenvalue weighted by molar-refractivity contribution is 5.53. The van der Waals surface area contributed by atoms with Crippen LogP contribution in [0.2, 0.25) is 0 Å². The van der Waals surface area contributed by atoms with Crippen molar-refractivity contribution in [3.63, 3.8) is 0 Å².